The number of rotatable bonds is 4. The van der Waals surface area contributed by atoms with Gasteiger partial charge in [0.05, 0.1) is 17.6 Å². The van der Waals surface area contributed by atoms with Crippen molar-refractivity contribution < 1.29 is 41.8 Å². The van der Waals surface area contributed by atoms with Crippen molar-refractivity contribution in [2.45, 2.75) is 39.3 Å². The maximum Gasteiger partial charge on any atom is 0.490 e. The number of likely N-dealkylation sites (tertiary alicyclic amines) is 3. The monoisotopic (exact) mass is 517 g/mol. The van der Waals surface area contributed by atoms with Crippen molar-refractivity contribution in [3.8, 4) is 0 Å². The van der Waals surface area contributed by atoms with Crippen molar-refractivity contribution in [1.29, 1.82) is 0 Å². The van der Waals surface area contributed by atoms with Crippen LogP contribution in [0.2, 0.25) is 0 Å². The third kappa shape index (κ3) is 5.24. The Labute approximate surface area is 208 Å². The van der Waals surface area contributed by atoms with Gasteiger partial charge in [-0.15, -0.1) is 0 Å². The predicted molar refractivity (Wildman–Crippen MR) is 122 cm³/mol. The van der Waals surface area contributed by atoms with E-state index in [0.29, 0.717) is 36.9 Å². The number of fused-ring (bicyclic) bond motifs is 1. The molecule has 2 spiro atoms. The third-order valence-corrected chi connectivity index (χ3v) is 7.80. The highest BCUT2D eigenvalue weighted by Gasteiger charge is 2.64. The number of furan rings is 1. The summed E-state index contributed by atoms with van der Waals surface area (Å²) in [5.41, 5.74) is 0.297. The summed E-state index contributed by atoms with van der Waals surface area (Å²) in [5.74, 6) is -0.968. The van der Waals surface area contributed by atoms with Crippen LogP contribution in [0.5, 0.6) is 0 Å². The maximum atomic E-state index is 13.3. The summed E-state index contributed by atoms with van der Waals surface area (Å²) in [6, 6.07) is 1.83. The zero-order chi connectivity index (χ0) is 26.9. The highest BCUT2D eigenvalue weighted by atomic mass is 19.4. The van der Waals surface area contributed by atoms with E-state index in [1.165, 1.54) is 0 Å². The summed E-state index contributed by atoms with van der Waals surface area (Å²) in [7, 11) is 3.64. The number of alkyl halides is 3. The lowest BCUT2D eigenvalue weighted by Crippen LogP contribution is -2.53. The van der Waals surface area contributed by atoms with Crippen LogP contribution in [0.1, 0.15) is 41.1 Å². The molecule has 2 amide bonds. The fourth-order valence-corrected chi connectivity index (χ4v) is 5.92. The maximum absolute atomic E-state index is 13.3. The van der Waals surface area contributed by atoms with Gasteiger partial charge in [-0.1, -0.05) is 0 Å². The first-order chi connectivity index (χ1) is 16.8. The predicted octanol–water partition coefficient (Wildman–Crippen LogP) is 2.56. The summed E-state index contributed by atoms with van der Waals surface area (Å²) in [6.07, 6.45) is -2.42. The number of hydrogen-bond acceptors (Lipinski definition) is 6. The van der Waals surface area contributed by atoms with Crippen LogP contribution in [0.15, 0.2) is 10.5 Å². The largest absolute Gasteiger partial charge is 0.490 e. The van der Waals surface area contributed by atoms with Crippen LogP contribution in [-0.4, -0.2) is 104 Å². The average molecular weight is 518 g/mol. The molecule has 1 unspecified atom stereocenters. The van der Waals surface area contributed by atoms with Gasteiger partial charge in [-0.25, -0.2) is 4.79 Å². The number of ether oxygens (including phenoxy) is 1. The van der Waals surface area contributed by atoms with Gasteiger partial charge in [0.15, 0.2) is 0 Å². The molecule has 1 aromatic heterocycles. The number of carboxylic acids is 1. The Hall–Kier alpha value is -2.60. The Morgan fingerprint density at radius 2 is 1.75 bits per heavy atom. The van der Waals surface area contributed by atoms with Gasteiger partial charge in [-0.2, -0.15) is 13.2 Å². The van der Waals surface area contributed by atoms with Gasteiger partial charge < -0.3 is 24.1 Å². The lowest BCUT2D eigenvalue weighted by atomic mass is 9.60. The summed E-state index contributed by atoms with van der Waals surface area (Å²) in [4.78, 5) is 41.5. The van der Waals surface area contributed by atoms with Crippen LogP contribution < -0.4 is 0 Å². The first kappa shape index (κ1) is 28.0. The highest BCUT2D eigenvalue weighted by Crippen LogP contribution is 2.57. The smallest absolute Gasteiger partial charge is 0.475 e. The number of carboxylic acid groups (broad SMARTS) is 1. The second-order valence-corrected chi connectivity index (χ2v) is 9.96. The number of aliphatic carboxylic acids is 1. The zero-order valence-corrected chi connectivity index (χ0v) is 21.1. The Morgan fingerprint density at radius 1 is 1.14 bits per heavy atom. The van der Waals surface area contributed by atoms with Crippen LogP contribution in [-0.2, 0) is 14.3 Å². The number of amides is 2. The molecule has 0 aliphatic carbocycles. The molecule has 3 saturated heterocycles. The number of piperidine rings is 1. The van der Waals surface area contributed by atoms with Crippen molar-refractivity contribution in [2.75, 3.05) is 60.0 Å². The fourth-order valence-electron chi connectivity index (χ4n) is 5.92. The summed E-state index contributed by atoms with van der Waals surface area (Å²) >= 11 is 0. The van der Waals surface area contributed by atoms with Crippen LogP contribution in [0.3, 0.4) is 0 Å². The van der Waals surface area contributed by atoms with E-state index in [-0.39, 0.29) is 16.7 Å². The number of methoxy groups -OCH3 is 1. The van der Waals surface area contributed by atoms with Crippen LogP contribution >= 0.6 is 0 Å². The topological polar surface area (TPSA) is 104 Å². The number of carbonyl (C=O) groups excluding carboxylic acids is 2. The second-order valence-electron chi connectivity index (χ2n) is 9.96. The number of hydrogen-bond donors (Lipinski definition) is 1. The average Bonchev–Trinajstić information content (AvgIpc) is 3.41. The van der Waals surface area contributed by atoms with Gasteiger partial charge in [-0.05, 0) is 39.2 Å². The molecule has 0 saturated carbocycles. The summed E-state index contributed by atoms with van der Waals surface area (Å²) in [5, 5.41) is 7.12. The molecule has 1 N–H and O–H groups in total. The normalized spacial score (nSPS) is 23.9. The molecule has 3 aliphatic rings. The van der Waals surface area contributed by atoms with Gasteiger partial charge >= 0.3 is 12.1 Å². The fraction of sp³-hybridized carbons (Fsp3) is 0.708. The van der Waals surface area contributed by atoms with Gasteiger partial charge in [0.1, 0.15) is 11.5 Å². The Morgan fingerprint density at radius 3 is 2.19 bits per heavy atom. The van der Waals surface area contributed by atoms with Crippen molar-refractivity contribution in [2.24, 2.45) is 10.8 Å². The lowest BCUT2D eigenvalue weighted by Gasteiger charge is -2.47. The van der Waals surface area contributed by atoms with E-state index < -0.39 is 12.1 Å². The quantitative estimate of drug-likeness (QED) is 0.655. The first-order valence-corrected chi connectivity index (χ1v) is 11.9. The molecule has 0 bridgehead atoms. The van der Waals surface area contributed by atoms with Crippen molar-refractivity contribution >= 4 is 17.8 Å². The number of aryl methyl sites for hydroxylation is 2. The molecule has 3 aliphatic heterocycles. The van der Waals surface area contributed by atoms with Gasteiger partial charge in [0.25, 0.3) is 5.91 Å². The summed E-state index contributed by atoms with van der Waals surface area (Å²) in [6.45, 7) is 9.20. The molecule has 4 rings (SSSR count). The van der Waals surface area contributed by atoms with Gasteiger partial charge in [-0.3, -0.25) is 14.5 Å². The number of carbonyl (C=O) groups is 3. The molecule has 0 radical (unpaired) electrons. The molecule has 0 aromatic carbocycles. The Kier molecular flexibility index (Phi) is 8.09. The minimum atomic E-state index is -5.08. The SMILES string of the molecule is COCCN1CC2(CCN(C(=O)c3cc(C)oc3C)CC2)C2(CCN(C)C2=O)C1.O=C(O)C(F)(F)F. The molecule has 36 heavy (non-hydrogen) atoms. The number of nitrogens with zero attached hydrogens (tertiary/aromatic N) is 3. The molecule has 12 heteroatoms. The second kappa shape index (κ2) is 10.4. The van der Waals surface area contributed by atoms with Crippen molar-refractivity contribution in [3.63, 3.8) is 0 Å². The van der Waals surface area contributed by atoms with Crippen molar-refractivity contribution in [1.82, 2.24) is 14.7 Å². The highest BCUT2D eigenvalue weighted by molar-refractivity contribution is 5.95. The standard InChI is InChI=1S/C22H33N3O4.C2HF3O2/c1-16-13-18(17(2)29-16)19(26)25-9-5-21(6-10-25)14-24(11-12-28-4)15-22(21)7-8-23(3)20(22)27;3-2(4,5)1(6)7/h13H,5-12,14-15H2,1-4H3;(H,6,7). The Balaban J connectivity index is 0.000000454. The first-order valence-electron chi connectivity index (χ1n) is 11.9. The minimum Gasteiger partial charge on any atom is -0.475 e. The van der Waals surface area contributed by atoms with Crippen molar-refractivity contribution in [3.05, 3.63) is 23.2 Å². The lowest BCUT2D eigenvalue weighted by molar-refractivity contribution is -0.192. The van der Waals surface area contributed by atoms with E-state index in [0.717, 1.165) is 51.2 Å². The molecule has 9 nitrogen and oxygen atoms in total. The molecule has 202 valence electrons. The van der Waals surface area contributed by atoms with Crippen LogP contribution in [0.4, 0.5) is 13.2 Å². The zero-order valence-electron chi connectivity index (χ0n) is 21.1. The third-order valence-electron chi connectivity index (χ3n) is 7.80. The molecular weight excluding hydrogens is 483 g/mol. The molecule has 1 aromatic rings. The van der Waals surface area contributed by atoms with Gasteiger partial charge in [0, 0.05) is 58.8 Å². The molecular formula is C24H34F3N3O6. The number of halogens is 3. The Bertz CT molecular complexity index is 986. The molecule has 1 atom stereocenters. The van der Waals surface area contributed by atoms with E-state index >= 15 is 0 Å². The molecule has 4 heterocycles. The van der Waals surface area contributed by atoms with E-state index in [4.69, 9.17) is 19.1 Å². The summed E-state index contributed by atoms with van der Waals surface area (Å²) < 4.78 is 42.6. The van der Waals surface area contributed by atoms with Crippen LogP contribution in [0, 0.1) is 24.7 Å². The molecule has 3 fully saturated rings. The van der Waals surface area contributed by atoms with E-state index in [9.17, 15) is 22.8 Å². The minimum absolute atomic E-state index is 0.0485. The van der Waals surface area contributed by atoms with Crippen LogP contribution in [0.25, 0.3) is 0 Å². The van der Waals surface area contributed by atoms with E-state index in [1.807, 2.05) is 36.8 Å². The van der Waals surface area contributed by atoms with E-state index in [1.54, 1.807) is 7.11 Å². The van der Waals surface area contributed by atoms with E-state index in [2.05, 4.69) is 4.90 Å². The van der Waals surface area contributed by atoms with Gasteiger partial charge in [0.2, 0.25) is 5.91 Å².